The summed E-state index contributed by atoms with van der Waals surface area (Å²) in [6.07, 6.45) is 2.59. The maximum atomic E-state index is 12.6. The van der Waals surface area contributed by atoms with Crippen LogP contribution in [0.2, 0.25) is 0 Å². The first-order valence-electron chi connectivity index (χ1n) is 8.72. The first-order valence-corrected chi connectivity index (χ1v) is 10.2. The van der Waals surface area contributed by atoms with Crippen LogP contribution < -0.4 is 16.0 Å². The van der Waals surface area contributed by atoms with Crippen molar-refractivity contribution in [1.82, 2.24) is 13.9 Å². The Labute approximate surface area is 167 Å². The van der Waals surface area contributed by atoms with Crippen LogP contribution in [-0.2, 0) is 48.6 Å². The Morgan fingerprint density at radius 3 is 2.55 bits per heavy atom. The molecule has 0 saturated carbocycles. The summed E-state index contributed by atoms with van der Waals surface area (Å²) in [6, 6.07) is 10.8. The molecule has 3 aromatic rings. The van der Waals surface area contributed by atoms with Gasteiger partial charge in [0.2, 0.25) is 10.0 Å². The van der Waals surface area contributed by atoms with E-state index in [-0.39, 0.29) is 6.54 Å². The summed E-state index contributed by atoms with van der Waals surface area (Å²) >= 11 is 0. The molecule has 0 aliphatic heterocycles. The maximum Gasteiger partial charge on any atom is 0.330 e. The predicted octanol–water partition coefficient (Wildman–Crippen LogP) is 0.872. The van der Waals surface area contributed by atoms with Gasteiger partial charge in [-0.3, -0.25) is 9.36 Å². The third-order valence-electron chi connectivity index (χ3n) is 4.26. The monoisotopic (exact) mass is 419 g/mol. The van der Waals surface area contributed by atoms with Crippen molar-refractivity contribution >= 4 is 10.0 Å². The quantitative estimate of drug-likeness (QED) is 0.580. The topological polar surface area (TPSA) is 113 Å². The highest BCUT2D eigenvalue weighted by molar-refractivity contribution is 7.89. The number of benzene rings is 1. The lowest BCUT2D eigenvalue weighted by Gasteiger charge is -2.10. The highest BCUT2D eigenvalue weighted by Crippen LogP contribution is 2.10. The molecule has 2 heterocycles. The Balaban J connectivity index is 1.68. The summed E-state index contributed by atoms with van der Waals surface area (Å²) in [6.45, 7) is 0.656. The molecule has 3 rings (SSSR count). The Bertz CT molecular complexity index is 1210. The number of furan rings is 1. The van der Waals surface area contributed by atoms with Crippen molar-refractivity contribution in [3.8, 4) is 0 Å². The van der Waals surface area contributed by atoms with Crippen LogP contribution in [0.3, 0.4) is 0 Å². The van der Waals surface area contributed by atoms with Crippen molar-refractivity contribution in [3.05, 3.63) is 86.6 Å². The van der Waals surface area contributed by atoms with E-state index < -0.39 is 26.2 Å². The van der Waals surface area contributed by atoms with E-state index in [0.29, 0.717) is 24.5 Å². The van der Waals surface area contributed by atoms with Gasteiger partial charge in [-0.15, -0.1) is 0 Å². The molecule has 9 nitrogen and oxygen atoms in total. The largest absolute Gasteiger partial charge is 0.467 e. The van der Waals surface area contributed by atoms with Crippen LogP contribution in [-0.4, -0.2) is 17.6 Å². The zero-order valence-electron chi connectivity index (χ0n) is 16.0. The van der Waals surface area contributed by atoms with E-state index >= 15 is 0 Å². The van der Waals surface area contributed by atoms with E-state index in [0.717, 1.165) is 20.9 Å². The highest BCUT2D eigenvalue weighted by atomic mass is 32.2. The molecule has 29 heavy (non-hydrogen) atoms. The van der Waals surface area contributed by atoms with Crippen LogP contribution in [0.1, 0.15) is 16.9 Å². The molecule has 0 amide bonds. The van der Waals surface area contributed by atoms with Crippen LogP contribution >= 0.6 is 0 Å². The summed E-state index contributed by atoms with van der Waals surface area (Å²) in [5, 5.41) is 0. The van der Waals surface area contributed by atoms with E-state index in [2.05, 4.69) is 4.72 Å². The van der Waals surface area contributed by atoms with E-state index in [4.69, 9.17) is 9.15 Å². The number of nitrogens with zero attached hydrogens (tertiary/aromatic N) is 2. The van der Waals surface area contributed by atoms with Gasteiger partial charge >= 0.3 is 5.69 Å². The van der Waals surface area contributed by atoms with Gasteiger partial charge in [-0.05, 0) is 23.3 Å². The van der Waals surface area contributed by atoms with E-state index in [1.807, 2.05) is 18.2 Å². The molecule has 0 atom stereocenters. The fourth-order valence-corrected chi connectivity index (χ4v) is 3.88. The number of rotatable bonds is 8. The highest BCUT2D eigenvalue weighted by Gasteiger charge is 2.21. The first kappa shape index (κ1) is 20.8. The van der Waals surface area contributed by atoms with E-state index in [1.54, 1.807) is 24.5 Å². The summed E-state index contributed by atoms with van der Waals surface area (Å²) in [5.74, 6) is 0.716. The molecule has 0 fully saturated rings. The molecule has 1 aromatic carbocycles. The van der Waals surface area contributed by atoms with Gasteiger partial charge < -0.3 is 13.7 Å². The van der Waals surface area contributed by atoms with Crippen LogP contribution in [0.15, 0.2) is 67.8 Å². The maximum absolute atomic E-state index is 12.6. The van der Waals surface area contributed by atoms with Gasteiger partial charge in [0.25, 0.3) is 5.56 Å². The summed E-state index contributed by atoms with van der Waals surface area (Å²) in [5.41, 5.74) is 0.0949. The zero-order chi connectivity index (χ0) is 21.0. The Kier molecular flexibility index (Phi) is 6.16. The van der Waals surface area contributed by atoms with Crippen molar-refractivity contribution in [2.45, 2.75) is 24.7 Å². The average Bonchev–Trinajstić information content (AvgIpc) is 3.21. The predicted molar refractivity (Wildman–Crippen MR) is 105 cm³/mol. The normalized spacial score (nSPS) is 11.7. The molecule has 0 saturated heterocycles. The average molecular weight is 419 g/mol. The van der Waals surface area contributed by atoms with Crippen molar-refractivity contribution in [1.29, 1.82) is 0 Å². The molecule has 0 aliphatic rings. The summed E-state index contributed by atoms with van der Waals surface area (Å²) in [7, 11) is -1.48. The van der Waals surface area contributed by atoms with Crippen LogP contribution in [0.25, 0.3) is 0 Å². The number of hydrogen-bond donors (Lipinski definition) is 1. The van der Waals surface area contributed by atoms with E-state index in [9.17, 15) is 18.0 Å². The Morgan fingerprint density at radius 1 is 1.07 bits per heavy atom. The molecule has 2 aromatic heterocycles. The molecule has 0 unspecified atom stereocenters. The number of nitrogens with one attached hydrogen (secondary N) is 1. The van der Waals surface area contributed by atoms with Crippen LogP contribution in [0.4, 0.5) is 0 Å². The molecule has 10 heteroatoms. The molecule has 1 N–H and O–H groups in total. The van der Waals surface area contributed by atoms with E-state index in [1.165, 1.54) is 14.1 Å². The molecule has 0 bridgehead atoms. The third-order valence-corrected chi connectivity index (χ3v) is 5.64. The lowest BCUT2D eigenvalue weighted by Crippen LogP contribution is -2.41. The summed E-state index contributed by atoms with van der Waals surface area (Å²) in [4.78, 5) is 23.4. The fraction of sp³-hybridized carbons (Fsp3) is 0.263. The van der Waals surface area contributed by atoms with Crippen molar-refractivity contribution in [3.63, 3.8) is 0 Å². The first-order chi connectivity index (χ1) is 13.8. The second-order valence-corrected chi connectivity index (χ2v) is 8.20. The van der Waals surface area contributed by atoms with Gasteiger partial charge in [-0.25, -0.2) is 17.9 Å². The molecular weight excluding hydrogens is 398 g/mol. The minimum absolute atomic E-state index is 0.0135. The lowest BCUT2D eigenvalue weighted by molar-refractivity contribution is 0.0929. The van der Waals surface area contributed by atoms with Crippen LogP contribution in [0.5, 0.6) is 0 Å². The second kappa shape index (κ2) is 8.60. The minimum Gasteiger partial charge on any atom is -0.467 e. The fourth-order valence-electron chi connectivity index (χ4n) is 2.71. The standard InChI is InChI=1S/C19H21N3O6S/c1-21-11-17(18(23)22(2)19(21)24)29(25,26)20-10-14-5-3-6-15(9-14)12-27-13-16-7-4-8-28-16/h3-9,11,20H,10,12-13H2,1-2H3. The number of aryl methyl sites for hydroxylation is 1. The molecule has 0 radical (unpaired) electrons. The van der Waals surface area contributed by atoms with Gasteiger partial charge in [-0.2, -0.15) is 0 Å². The van der Waals surface area contributed by atoms with Gasteiger partial charge in [0.1, 0.15) is 12.4 Å². The van der Waals surface area contributed by atoms with Crippen LogP contribution in [0, 0.1) is 0 Å². The molecule has 0 spiro atoms. The summed E-state index contributed by atoms with van der Waals surface area (Å²) < 4.78 is 40.1. The van der Waals surface area contributed by atoms with Gasteiger partial charge in [0.05, 0.1) is 12.9 Å². The number of hydrogen-bond acceptors (Lipinski definition) is 6. The van der Waals surface area contributed by atoms with Crippen molar-refractivity contribution in [2.24, 2.45) is 14.1 Å². The molecule has 154 valence electrons. The van der Waals surface area contributed by atoms with Gasteiger partial charge in [0, 0.05) is 26.8 Å². The number of aromatic nitrogens is 2. The number of ether oxygens (including phenoxy) is 1. The third kappa shape index (κ3) is 4.91. The Morgan fingerprint density at radius 2 is 1.83 bits per heavy atom. The smallest absolute Gasteiger partial charge is 0.330 e. The lowest BCUT2D eigenvalue weighted by atomic mass is 10.1. The van der Waals surface area contributed by atoms with Gasteiger partial charge in [-0.1, -0.05) is 24.3 Å². The minimum atomic E-state index is -4.10. The van der Waals surface area contributed by atoms with Gasteiger partial charge in [0.15, 0.2) is 4.90 Å². The molecule has 0 aliphatic carbocycles. The van der Waals surface area contributed by atoms with Crippen molar-refractivity contribution in [2.75, 3.05) is 0 Å². The van der Waals surface area contributed by atoms with Crippen molar-refractivity contribution < 1.29 is 17.6 Å². The number of sulfonamides is 1. The SMILES string of the molecule is Cn1cc(S(=O)(=O)NCc2cccc(COCc3ccco3)c2)c(=O)n(C)c1=O. The second-order valence-electron chi connectivity index (χ2n) is 6.47. The molecular formula is C19H21N3O6S. The Hall–Kier alpha value is -2.95. The zero-order valence-corrected chi connectivity index (χ0v) is 16.8.